The molecule has 0 aliphatic heterocycles. The van der Waals surface area contributed by atoms with E-state index >= 15 is 0 Å². The Balaban J connectivity index is 2.04. The zero-order valence-corrected chi connectivity index (χ0v) is 13.7. The van der Waals surface area contributed by atoms with Crippen molar-refractivity contribution in [1.29, 1.82) is 0 Å². The van der Waals surface area contributed by atoms with Crippen LogP contribution in [0.25, 0.3) is 4.96 Å². The van der Waals surface area contributed by atoms with Crippen molar-refractivity contribution in [1.82, 2.24) is 14.6 Å². The first-order chi connectivity index (χ1) is 11.0. The largest absolute Gasteiger partial charge is 0.497 e. The number of methoxy groups -OCH3 is 1. The molecule has 0 saturated carbocycles. The van der Waals surface area contributed by atoms with Crippen LogP contribution in [0.4, 0.5) is 10.5 Å². The Kier molecular flexibility index (Phi) is 3.91. The number of nitrogens with zero attached hydrogens (tertiary/aromatic N) is 4. The number of thiazole rings is 1. The predicted octanol–water partition coefficient (Wildman–Crippen LogP) is 3.35. The fraction of sp³-hybridized carbons (Fsp3) is 0.267. The fourth-order valence-corrected chi connectivity index (χ4v) is 3.65. The van der Waals surface area contributed by atoms with Gasteiger partial charge in [0.05, 0.1) is 29.4 Å². The van der Waals surface area contributed by atoms with Crippen molar-refractivity contribution in [2.75, 3.05) is 12.0 Å². The molecule has 7 nitrogen and oxygen atoms in total. The van der Waals surface area contributed by atoms with Gasteiger partial charge >= 0.3 is 6.09 Å². The lowest BCUT2D eigenvalue weighted by atomic mass is 10.2. The molecule has 1 aromatic carbocycles. The molecule has 0 aliphatic carbocycles. The highest BCUT2D eigenvalue weighted by atomic mass is 32.1. The van der Waals surface area contributed by atoms with Gasteiger partial charge in [0, 0.05) is 6.07 Å². The van der Waals surface area contributed by atoms with Gasteiger partial charge in [0.2, 0.25) is 4.96 Å². The number of hydrogen-bond acceptors (Lipinski definition) is 5. The number of rotatable bonds is 4. The molecular formula is C15H16N4O3S. The number of aromatic nitrogens is 3. The van der Waals surface area contributed by atoms with Crippen LogP contribution in [0, 0.1) is 6.92 Å². The molecule has 23 heavy (non-hydrogen) atoms. The monoisotopic (exact) mass is 332 g/mol. The maximum Gasteiger partial charge on any atom is 0.412 e. The smallest absolute Gasteiger partial charge is 0.412 e. The standard InChI is InChI=1S/C15H16N4O3S/c1-9(13-10(2)19-14(23-13)16-8-17-19)18(15(20)21)11-5-4-6-12(7-11)22-3/h4-9H,1-3H3,(H,20,21). The van der Waals surface area contributed by atoms with E-state index in [1.807, 2.05) is 13.8 Å². The van der Waals surface area contributed by atoms with Gasteiger partial charge in [-0.1, -0.05) is 17.4 Å². The van der Waals surface area contributed by atoms with Crippen molar-refractivity contribution in [2.24, 2.45) is 0 Å². The van der Waals surface area contributed by atoms with Gasteiger partial charge in [-0.15, -0.1) is 0 Å². The van der Waals surface area contributed by atoms with Crippen molar-refractivity contribution < 1.29 is 14.6 Å². The summed E-state index contributed by atoms with van der Waals surface area (Å²) in [5.41, 5.74) is 1.45. The molecule has 0 spiro atoms. The van der Waals surface area contributed by atoms with Crippen molar-refractivity contribution >= 4 is 28.1 Å². The highest BCUT2D eigenvalue weighted by Crippen LogP contribution is 2.34. The average molecular weight is 332 g/mol. The Labute approximate surface area is 136 Å². The number of aryl methyl sites for hydroxylation is 1. The van der Waals surface area contributed by atoms with E-state index < -0.39 is 6.09 Å². The second kappa shape index (κ2) is 5.88. The van der Waals surface area contributed by atoms with E-state index in [9.17, 15) is 9.90 Å². The van der Waals surface area contributed by atoms with E-state index in [-0.39, 0.29) is 6.04 Å². The van der Waals surface area contributed by atoms with Gasteiger partial charge in [-0.2, -0.15) is 5.10 Å². The summed E-state index contributed by atoms with van der Waals surface area (Å²) >= 11 is 1.44. The van der Waals surface area contributed by atoms with Gasteiger partial charge in [-0.25, -0.2) is 14.3 Å². The Hall–Kier alpha value is -2.61. The summed E-state index contributed by atoms with van der Waals surface area (Å²) in [4.78, 5) is 19.0. The topological polar surface area (TPSA) is 80.0 Å². The minimum absolute atomic E-state index is 0.367. The van der Waals surface area contributed by atoms with Crippen LogP contribution in [0.2, 0.25) is 0 Å². The minimum atomic E-state index is -1.02. The Morgan fingerprint density at radius 3 is 2.91 bits per heavy atom. The number of carbonyl (C=O) groups is 1. The van der Waals surface area contributed by atoms with Crippen LogP contribution in [-0.4, -0.2) is 32.9 Å². The van der Waals surface area contributed by atoms with Crippen molar-refractivity contribution in [2.45, 2.75) is 19.9 Å². The first-order valence-electron chi connectivity index (χ1n) is 6.98. The van der Waals surface area contributed by atoms with Crippen molar-refractivity contribution in [3.05, 3.63) is 41.2 Å². The molecule has 2 heterocycles. The summed E-state index contributed by atoms with van der Waals surface area (Å²) in [6.45, 7) is 3.77. The maximum absolute atomic E-state index is 11.8. The van der Waals surface area contributed by atoms with E-state index in [4.69, 9.17) is 4.74 Å². The maximum atomic E-state index is 11.8. The van der Waals surface area contributed by atoms with E-state index in [0.717, 1.165) is 15.5 Å². The summed E-state index contributed by atoms with van der Waals surface area (Å²) in [5, 5.41) is 13.8. The molecule has 8 heteroatoms. The summed E-state index contributed by atoms with van der Waals surface area (Å²) in [5.74, 6) is 0.611. The fourth-order valence-electron chi connectivity index (χ4n) is 2.57. The first-order valence-corrected chi connectivity index (χ1v) is 7.79. The zero-order chi connectivity index (χ0) is 16.6. The van der Waals surface area contributed by atoms with Crippen molar-refractivity contribution in [3.63, 3.8) is 0 Å². The average Bonchev–Trinajstić information content (AvgIpc) is 3.10. The van der Waals surface area contributed by atoms with Gasteiger partial charge < -0.3 is 9.84 Å². The first kappa shape index (κ1) is 15.3. The number of ether oxygens (including phenoxy) is 1. The van der Waals surface area contributed by atoms with Crippen LogP contribution >= 0.6 is 11.3 Å². The number of hydrogen-bond donors (Lipinski definition) is 1. The molecule has 1 N–H and O–H groups in total. The van der Waals surface area contributed by atoms with Gasteiger partial charge in [-0.3, -0.25) is 4.90 Å². The van der Waals surface area contributed by atoms with Crippen LogP contribution < -0.4 is 9.64 Å². The minimum Gasteiger partial charge on any atom is -0.497 e. The Morgan fingerprint density at radius 2 is 2.26 bits per heavy atom. The molecule has 0 aliphatic rings. The molecule has 0 saturated heterocycles. The van der Waals surface area contributed by atoms with Crippen LogP contribution in [0.15, 0.2) is 30.6 Å². The zero-order valence-electron chi connectivity index (χ0n) is 12.9. The third-order valence-corrected chi connectivity index (χ3v) is 5.01. The summed E-state index contributed by atoms with van der Waals surface area (Å²) in [7, 11) is 1.55. The number of benzene rings is 1. The number of fused-ring (bicyclic) bond motifs is 1. The summed E-state index contributed by atoms with van der Waals surface area (Å²) in [6.07, 6.45) is 0.466. The molecule has 0 radical (unpaired) electrons. The Bertz CT molecular complexity index is 857. The molecule has 0 fully saturated rings. The third-order valence-electron chi connectivity index (χ3n) is 3.70. The van der Waals surface area contributed by atoms with E-state index in [0.29, 0.717) is 11.4 Å². The van der Waals surface area contributed by atoms with Gasteiger partial charge in [0.1, 0.15) is 12.1 Å². The van der Waals surface area contributed by atoms with Crippen LogP contribution in [0.1, 0.15) is 23.5 Å². The van der Waals surface area contributed by atoms with Crippen molar-refractivity contribution in [3.8, 4) is 5.75 Å². The van der Waals surface area contributed by atoms with Crippen LogP contribution in [0.3, 0.4) is 0 Å². The highest BCUT2D eigenvalue weighted by molar-refractivity contribution is 7.17. The highest BCUT2D eigenvalue weighted by Gasteiger charge is 2.27. The number of amides is 1. The molecule has 1 atom stereocenters. The lowest BCUT2D eigenvalue weighted by Crippen LogP contribution is -2.32. The molecular weight excluding hydrogens is 316 g/mol. The SMILES string of the molecule is COc1cccc(N(C(=O)O)C(C)c2sc3ncnn3c2C)c1. The van der Waals surface area contributed by atoms with Crippen LogP contribution in [0.5, 0.6) is 5.75 Å². The Morgan fingerprint density at radius 1 is 1.48 bits per heavy atom. The van der Waals surface area contributed by atoms with Gasteiger partial charge in [0.15, 0.2) is 0 Å². The number of anilines is 1. The quantitative estimate of drug-likeness (QED) is 0.792. The molecule has 1 unspecified atom stereocenters. The second-order valence-corrected chi connectivity index (χ2v) is 6.05. The lowest BCUT2D eigenvalue weighted by molar-refractivity contribution is 0.199. The number of carboxylic acid groups (broad SMARTS) is 1. The summed E-state index contributed by atoms with van der Waals surface area (Å²) in [6, 6.07) is 6.64. The molecule has 120 valence electrons. The molecule has 2 aromatic heterocycles. The van der Waals surface area contributed by atoms with E-state index in [2.05, 4.69) is 10.1 Å². The summed E-state index contributed by atoms with van der Waals surface area (Å²) < 4.78 is 6.91. The molecule has 3 aromatic rings. The molecule has 3 rings (SSSR count). The lowest BCUT2D eigenvalue weighted by Gasteiger charge is -2.26. The van der Waals surface area contributed by atoms with E-state index in [1.165, 1.54) is 22.6 Å². The van der Waals surface area contributed by atoms with E-state index in [1.54, 1.807) is 35.9 Å². The second-order valence-electron chi connectivity index (χ2n) is 5.04. The normalized spacial score (nSPS) is 12.3. The molecule has 0 bridgehead atoms. The van der Waals surface area contributed by atoms with Crippen LogP contribution in [-0.2, 0) is 0 Å². The predicted molar refractivity (Wildman–Crippen MR) is 87.5 cm³/mol. The van der Waals surface area contributed by atoms with Gasteiger partial charge in [0.25, 0.3) is 0 Å². The molecule has 1 amide bonds. The third kappa shape index (κ3) is 2.61. The van der Waals surface area contributed by atoms with Gasteiger partial charge in [-0.05, 0) is 26.0 Å².